The number of hydrogen-bond acceptors (Lipinski definition) is 3. The molecule has 6 heteroatoms. The van der Waals surface area contributed by atoms with Gasteiger partial charge in [-0.3, -0.25) is 4.79 Å². The topological polar surface area (TPSA) is 78.9 Å². The number of methoxy groups -OCH3 is 1. The fraction of sp³-hybridized carbons (Fsp3) is 0.882. The van der Waals surface area contributed by atoms with E-state index >= 15 is 0 Å². The number of fused-ring (bicyclic) bond motifs is 1. The standard InChI is InChI=1S/C17H28N2O4/c1-15(2)12(8-16(15,3)23-4)18-14(22)19-9-11-6-5-7-17(11,10-19)13(20)21/h11-12H,5-10H2,1-4H3,(H,18,22)(H,20,21)/t11-,12?,16?,17+/m0/s1. The Balaban J connectivity index is 1.64. The van der Waals surface area contributed by atoms with Crippen molar-refractivity contribution in [1.82, 2.24) is 10.2 Å². The number of likely N-dealkylation sites (tertiary alicyclic amines) is 1. The van der Waals surface area contributed by atoms with E-state index in [0.717, 1.165) is 19.3 Å². The zero-order chi connectivity index (χ0) is 17.0. The zero-order valence-electron chi connectivity index (χ0n) is 14.5. The maximum absolute atomic E-state index is 12.6. The Morgan fingerprint density at radius 3 is 2.52 bits per heavy atom. The van der Waals surface area contributed by atoms with E-state index in [2.05, 4.69) is 26.1 Å². The summed E-state index contributed by atoms with van der Waals surface area (Å²) >= 11 is 0. The van der Waals surface area contributed by atoms with E-state index in [-0.39, 0.29) is 29.0 Å². The molecule has 3 fully saturated rings. The van der Waals surface area contributed by atoms with E-state index in [1.165, 1.54) is 0 Å². The van der Waals surface area contributed by atoms with Gasteiger partial charge in [0.25, 0.3) is 0 Å². The summed E-state index contributed by atoms with van der Waals surface area (Å²) in [5.74, 6) is -0.643. The average molecular weight is 324 g/mol. The van der Waals surface area contributed by atoms with Crippen LogP contribution in [0.4, 0.5) is 4.79 Å². The highest BCUT2D eigenvalue weighted by molar-refractivity contribution is 5.80. The van der Waals surface area contributed by atoms with Crippen LogP contribution in [0.1, 0.15) is 46.5 Å². The van der Waals surface area contributed by atoms with Gasteiger partial charge in [-0.05, 0) is 32.1 Å². The maximum atomic E-state index is 12.6. The van der Waals surface area contributed by atoms with E-state index in [1.807, 2.05) is 0 Å². The Labute approximate surface area is 137 Å². The van der Waals surface area contributed by atoms with Gasteiger partial charge in [-0.2, -0.15) is 0 Å². The zero-order valence-corrected chi connectivity index (χ0v) is 14.5. The van der Waals surface area contributed by atoms with Gasteiger partial charge in [-0.1, -0.05) is 20.3 Å². The molecule has 1 heterocycles. The fourth-order valence-electron chi connectivity index (χ4n) is 4.76. The molecule has 2 N–H and O–H groups in total. The van der Waals surface area contributed by atoms with Crippen molar-refractivity contribution in [1.29, 1.82) is 0 Å². The summed E-state index contributed by atoms with van der Waals surface area (Å²) in [6.45, 7) is 7.17. The Hall–Kier alpha value is -1.30. The molecule has 0 aromatic heterocycles. The highest BCUT2D eigenvalue weighted by atomic mass is 16.5. The predicted molar refractivity (Wildman–Crippen MR) is 85.1 cm³/mol. The van der Waals surface area contributed by atoms with E-state index in [9.17, 15) is 14.7 Å². The molecule has 6 nitrogen and oxygen atoms in total. The smallest absolute Gasteiger partial charge is 0.317 e. The van der Waals surface area contributed by atoms with Crippen LogP contribution in [0, 0.1) is 16.7 Å². The van der Waals surface area contributed by atoms with E-state index < -0.39 is 11.4 Å². The summed E-state index contributed by atoms with van der Waals surface area (Å²) in [5.41, 5.74) is -1.08. The fourth-order valence-corrected chi connectivity index (χ4v) is 4.76. The molecular formula is C17H28N2O4. The lowest BCUT2D eigenvalue weighted by atomic mass is 9.56. The Bertz CT molecular complexity index is 535. The number of aliphatic carboxylic acids is 1. The largest absolute Gasteiger partial charge is 0.481 e. The molecule has 0 aromatic carbocycles. The number of nitrogens with one attached hydrogen (secondary N) is 1. The van der Waals surface area contributed by atoms with Crippen LogP contribution in [-0.2, 0) is 9.53 Å². The van der Waals surface area contributed by atoms with Gasteiger partial charge in [0, 0.05) is 31.7 Å². The molecule has 3 rings (SSSR count). The lowest BCUT2D eigenvalue weighted by Crippen LogP contribution is -2.69. The summed E-state index contributed by atoms with van der Waals surface area (Å²) in [6.07, 6.45) is 3.33. The van der Waals surface area contributed by atoms with Crippen molar-refractivity contribution >= 4 is 12.0 Å². The van der Waals surface area contributed by atoms with Crippen molar-refractivity contribution in [2.45, 2.75) is 58.1 Å². The first-order valence-electron chi connectivity index (χ1n) is 8.50. The van der Waals surface area contributed by atoms with Gasteiger partial charge < -0.3 is 20.1 Å². The van der Waals surface area contributed by atoms with Gasteiger partial charge in [0.15, 0.2) is 0 Å². The van der Waals surface area contributed by atoms with Crippen LogP contribution in [0.25, 0.3) is 0 Å². The van der Waals surface area contributed by atoms with Crippen molar-refractivity contribution in [3.8, 4) is 0 Å². The minimum atomic E-state index is -0.744. The molecule has 130 valence electrons. The average Bonchev–Trinajstić information content (AvgIpc) is 3.04. The van der Waals surface area contributed by atoms with Crippen molar-refractivity contribution in [2.24, 2.45) is 16.7 Å². The van der Waals surface area contributed by atoms with Crippen LogP contribution >= 0.6 is 0 Å². The highest BCUT2D eigenvalue weighted by Gasteiger charge is 2.60. The number of ether oxygens (including phenoxy) is 1. The van der Waals surface area contributed by atoms with Gasteiger partial charge in [0.05, 0.1) is 11.0 Å². The second kappa shape index (κ2) is 5.10. The molecule has 0 aromatic rings. The molecule has 2 amide bonds. The number of carboxylic acid groups (broad SMARTS) is 1. The summed E-state index contributed by atoms with van der Waals surface area (Å²) < 4.78 is 5.59. The number of hydrogen-bond donors (Lipinski definition) is 2. The van der Waals surface area contributed by atoms with E-state index in [4.69, 9.17) is 4.74 Å². The molecular weight excluding hydrogens is 296 g/mol. The highest BCUT2D eigenvalue weighted by Crippen LogP contribution is 2.52. The lowest BCUT2D eigenvalue weighted by Gasteiger charge is -2.59. The number of carbonyl (C=O) groups is 2. The third-order valence-electron chi connectivity index (χ3n) is 7.16. The number of carboxylic acids is 1. The number of amides is 2. The van der Waals surface area contributed by atoms with Crippen LogP contribution < -0.4 is 5.32 Å². The van der Waals surface area contributed by atoms with Gasteiger partial charge in [-0.15, -0.1) is 0 Å². The van der Waals surface area contributed by atoms with Gasteiger partial charge >= 0.3 is 12.0 Å². The second-order valence-corrected chi connectivity index (χ2v) is 8.29. The summed E-state index contributed by atoms with van der Waals surface area (Å²) in [6, 6.07) is -0.0718. The Morgan fingerprint density at radius 1 is 1.30 bits per heavy atom. The van der Waals surface area contributed by atoms with Gasteiger partial charge in [-0.25, -0.2) is 4.79 Å². The molecule has 23 heavy (non-hydrogen) atoms. The maximum Gasteiger partial charge on any atom is 0.317 e. The number of urea groups is 1. The SMILES string of the molecule is COC1(C)CC(NC(=O)N2C[C@@H]3CCC[C@@]3(C(=O)O)C2)C1(C)C. The van der Waals surface area contributed by atoms with Crippen LogP contribution in [0.3, 0.4) is 0 Å². The quantitative estimate of drug-likeness (QED) is 0.833. The molecule has 1 aliphatic heterocycles. The molecule has 2 unspecified atom stereocenters. The molecule has 0 radical (unpaired) electrons. The van der Waals surface area contributed by atoms with Crippen molar-refractivity contribution < 1.29 is 19.4 Å². The van der Waals surface area contributed by atoms with E-state index in [0.29, 0.717) is 19.5 Å². The first kappa shape index (κ1) is 16.6. The van der Waals surface area contributed by atoms with Crippen LogP contribution in [0.15, 0.2) is 0 Å². The van der Waals surface area contributed by atoms with Gasteiger partial charge in [0.1, 0.15) is 0 Å². The third kappa shape index (κ3) is 2.17. The minimum absolute atomic E-state index is 0.0566. The summed E-state index contributed by atoms with van der Waals surface area (Å²) in [4.78, 5) is 26.0. The van der Waals surface area contributed by atoms with Crippen LogP contribution in [-0.4, -0.2) is 53.8 Å². The second-order valence-electron chi connectivity index (χ2n) is 8.29. The first-order valence-corrected chi connectivity index (χ1v) is 8.50. The normalized spacial score (nSPS) is 41.3. The monoisotopic (exact) mass is 324 g/mol. The number of carbonyl (C=O) groups excluding carboxylic acids is 1. The van der Waals surface area contributed by atoms with Gasteiger partial charge in [0.2, 0.25) is 0 Å². The van der Waals surface area contributed by atoms with Crippen molar-refractivity contribution in [2.75, 3.05) is 20.2 Å². The van der Waals surface area contributed by atoms with Crippen LogP contribution in [0.2, 0.25) is 0 Å². The van der Waals surface area contributed by atoms with Crippen molar-refractivity contribution in [3.05, 3.63) is 0 Å². The molecule has 3 aliphatic rings. The Kier molecular flexibility index (Phi) is 3.67. The number of rotatable bonds is 3. The third-order valence-corrected chi connectivity index (χ3v) is 7.16. The van der Waals surface area contributed by atoms with Crippen molar-refractivity contribution in [3.63, 3.8) is 0 Å². The first-order chi connectivity index (χ1) is 10.7. The minimum Gasteiger partial charge on any atom is -0.481 e. The van der Waals surface area contributed by atoms with E-state index in [1.54, 1.807) is 12.0 Å². The van der Waals surface area contributed by atoms with Crippen LogP contribution in [0.5, 0.6) is 0 Å². The molecule has 0 bridgehead atoms. The predicted octanol–water partition coefficient (Wildman–Crippen LogP) is 2.09. The molecule has 1 saturated heterocycles. The summed E-state index contributed by atoms with van der Waals surface area (Å²) in [7, 11) is 1.71. The molecule has 4 atom stereocenters. The Morgan fingerprint density at radius 2 is 2.00 bits per heavy atom. The molecule has 2 aliphatic carbocycles. The lowest BCUT2D eigenvalue weighted by molar-refractivity contribution is -0.177. The molecule has 0 spiro atoms. The summed E-state index contributed by atoms with van der Waals surface area (Å²) in [5, 5.41) is 12.7. The number of nitrogens with zero attached hydrogens (tertiary/aromatic N) is 1. The molecule has 2 saturated carbocycles.